The van der Waals surface area contributed by atoms with Crippen LogP contribution < -0.4 is 5.32 Å². The zero-order valence-electron chi connectivity index (χ0n) is 11.1. The lowest BCUT2D eigenvalue weighted by Gasteiger charge is -2.27. The number of urea groups is 1. The number of amides is 2. The maximum Gasteiger partial charge on any atom is 0.317 e. The molecule has 2 amide bonds. The molecule has 0 aliphatic carbocycles. The van der Waals surface area contributed by atoms with Crippen LogP contribution in [-0.2, 0) is 14.6 Å². The van der Waals surface area contributed by atoms with Gasteiger partial charge in [0.2, 0.25) is 0 Å². The number of carboxylic acids is 1. The Morgan fingerprint density at radius 1 is 1.26 bits per heavy atom. The Balaban J connectivity index is 2.46. The van der Waals surface area contributed by atoms with E-state index in [1.165, 1.54) is 4.90 Å². The van der Waals surface area contributed by atoms with Crippen molar-refractivity contribution in [3.63, 3.8) is 0 Å². The number of carbonyl (C=O) groups excluding carboxylic acids is 1. The first-order chi connectivity index (χ1) is 8.73. The first-order valence-electron chi connectivity index (χ1n) is 6.19. The molecule has 8 heteroatoms. The smallest absolute Gasteiger partial charge is 0.317 e. The summed E-state index contributed by atoms with van der Waals surface area (Å²) in [5.41, 5.74) is 0. The monoisotopic (exact) mass is 292 g/mol. The second-order valence-corrected chi connectivity index (χ2v) is 7.32. The fourth-order valence-electron chi connectivity index (χ4n) is 1.83. The molecule has 1 aliphatic rings. The van der Waals surface area contributed by atoms with Crippen LogP contribution >= 0.6 is 0 Å². The third-order valence-electron chi connectivity index (χ3n) is 3.23. The molecule has 1 unspecified atom stereocenters. The summed E-state index contributed by atoms with van der Waals surface area (Å²) < 4.78 is 22.5. The van der Waals surface area contributed by atoms with Crippen molar-refractivity contribution in [2.75, 3.05) is 31.1 Å². The molecule has 7 nitrogen and oxygen atoms in total. The maximum atomic E-state index is 11.8. The lowest BCUT2D eigenvalue weighted by Crippen LogP contribution is -2.49. The van der Waals surface area contributed by atoms with Crippen LogP contribution in [0.5, 0.6) is 0 Å². The van der Waals surface area contributed by atoms with Crippen molar-refractivity contribution in [2.24, 2.45) is 11.8 Å². The van der Waals surface area contributed by atoms with E-state index in [1.54, 1.807) is 13.8 Å². The number of sulfone groups is 1. The lowest BCUT2D eigenvalue weighted by atomic mass is 9.96. The Morgan fingerprint density at radius 3 is 2.21 bits per heavy atom. The third kappa shape index (κ3) is 4.70. The van der Waals surface area contributed by atoms with Crippen LogP contribution in [0.3, 0.4) is 0 Å². The number of carbonyl (C=O) groups is 2. The number of aliphatic carboxylic acids is 1. The summed E-state index contributed by atoms with van der Waals surface area (Å²) in [5.74, 6) is -1.74. The van der Waals surface area contributed by atoms with Crippen LogP contribution in [0.2, 0.25) is 0 Å². The summed E-state index contributed by atoms with van der Waals surface area (Å²) in [6.45, 7) is 3.92. The van der Waals surface area contributed by atoms with E-state index in [4.69, 9.17) is 5.11 Å². The summed E-state index contributed by atoms with van der Waals surface area (Å²) in [5, 5.41) is 11.5. The predicted molar refractivity (Wildman–Crippen MR) is 69.6 cm³/mol. The molecule has 1 aliphatic heterocycles. The molecule has 1 heterocycles. The minimum atomic E-state index is -3.02. The van der Waals surface area contributed by atoms with E-state index >= 15 is 0 Å². The van der Waals surface area contributed by atoms with Gasteiger partial charge in [0.25, 0.3) is 0 Å². The van der Waals surface area contributed by atoms with Crippen molar-refractivity contribution >= 4 is 21.8 Å². The van der Waals surface area contributed by atoms with E-state index < -0.39 is 27.8 Å². The fourth-order valence-corrected chi connectivity index (χ4v) is 3.03. The van der Waals surface area contributed by atoms with Crippen molar-refractivity contribution in [1.82, 2.24) is 10.2 Å². The Morgan fingerprint density at radius 2 is 1.79 bits per heavy atom. The number of nitrogens with zero attached hydrogens (tertiary/aromatic N) is 1. The quantitative estimate of drug-likeness (QED) is 0.745. The average Bonchev–Trinajstić information content (AvgIpc) is 2.27. The van der Waals surface area contributed by atoms with Gasteiger partial charge in [0.15, 0.2) is 9.84 Å². The second kappa shape index (κ2) is 6.23. The van der Waals surface area contributed by atoms with Gasteiger partial charge in [-0.2, -0.15) is 0 Å². The Hall–Kier alpha value is -1.31. The number of hydrogen-bond acceptors (Lipinski definition) is 4. The summed E-state index contributed by atoms with van der Waals surface area (Å²) in [6.07, 6.45) is 0. The number of hydrogen-bond donors (Lipinski definition) is 2. The van der Waals surface area contributed by atoms with Gasteiger partial charge in [-0.15, -0.1) is 0 Å². The van der Waals surface area contributed by atoms with Gasteiger partial charge >= 0.3 is 12.0 Å². The van der Waals surface area contributed by atoms with Gasteiger partial charge in [-0.3, -0.25) is 4.79 Å². The molecule has 0 aromatic heterocycles. The molecule has 110 valence electrons. The largest absolute Gasteiger partial charge is 0.481 e. The highest BCUT2D eigenvalue weighted by Gasteiger charge is 2.27. The predicted octanol–water partition coefficient (Wildman–Crippen LogP) is -0.217. The molecule has 1 rings (SSSR count). The van der Waals surface area contributed by atoms with Crippen LogP contribution in [0.1, 0.15) is 13.8 Å². The molecule has 0 aromatic carbocycles. The van der Waals surface area contributed by atoms with Gasteiger partial charge in [0, 0.05) is 19.6 Å². The third-order valence-corrected chi connectivity index (χ3v) is 4.84. The van der Waals surface area contributed by atoms with E-state index in [1.807, 2.05) is 0 Å². The molecule has 1 saturated heterocycles. The average molecular weight is 292 g/mol. The molecular formula is C11H20N2O5S. The minimum absolute atomic E-state index is 0.0348. The van der Waals surface area contributed by atoms with Gasteiger partial charge in [0.05, 0.1) is 17.4 Å². The Kier molecular flexibility index (Phi) is 5.16. The summed E-state index contributed by atoms with van der Waals surface area (Å²) in [4.78, 5) is 24.2. The minimum Gasteiger partial charge on any atom is -0.481 e. The molecule has 0 saturated carbocycles. The summed E-state index contributed by atoms with van der Waals surface area (Å²) in [7, 11) is -3.02. The first-order valence-corrected chi connectivity index (χ1v) is 8.01. The first kappa shape index (κ1) is 15.7. The van der Waals surface area contributed by atoms with E-state index in [0.29, 0.717) is 0 Å². The fraction of sp³-hybridized carbons (Fsp3) is 0.818. The van der Waals surface area contributed by atoms with Crippen LogP contribution in [0.25, 0.3) is 0 Å². The van der Waals surface area contributed by atoms with E-state index in [-0.39, 0.29) is 37.1 Å². The maximum absolute atomic E-state index is 11.8. The van der Waals surface area contributed by atoms with Crippen molar-refractivity contribution < 1.29 is 23.1 Å². The SMILES string of the molecule is CC(C)C(CNC(=O)N1CCS(=O)(=O)CC1)C(=O)O. The molecule has 1 atom stereocenters. The zero-order chi connectivity index (χ0) is 14.6. The van der Waals surface area contributed by atoms with Crippen molar-refractivity contribution in [3.8, 4) is 0 Å². The highest BCUT2D eigenvalue weighted by Crippen LogP contribution is 2.10. The van der Waals surface area contributed by atoms with Crippen LogP contribution in [-0.4, -0.2) is 61.6 Å². The van der Waals surface area contributed by atoms with Gasteiger partial charge in [-0.1, -0.05) is 13.8 Å². The van der Waals surface area contributed by atoms with Gasteiger partial charge in [-0.05, 0) is 5.92 Å². The highest BCUT2D eigenvalue weighted by atomic mass is 32.2. The molecule has 19 heavy (non-hydrogen) atoms. The van der Waals surface area contributed by atoms with Crippen molar-refractivity contribution in [3.05, 3.63) is 0 Å². The van der Waals surface area contributed by atoms with Gasteiger partial charge in [-0.25, -0.2) is 13.2 Å². The van der Waals surface area contributed by atoms with Gasteiger partial charge < -0.3 is 15.3 Å². The van der Waals surface area contributed by atoms with Gasteiger partial charge in [0.1, 0.15) is 0 Å². The summed E-state index contributed by atoms with van der Waals surface area (Å²) in [6, 6.07) is -0.401. The van der Waals surface area contributed by atoms with Crippen LogP contribution in [0, 0.1) is 11.8 Å². The second-order valence-electron chi connectivity index (χ2n) is 5.01. The molecule has 1 fully saturated rings. The van der Waals surface area contributed by atoms with Crippen molar-refractivity contribution in [1.29, 1.82) is 0 Å². The number of nitrogens with one attached hydrogen (secondary N) is 1. The molecule has 0 radical (unpaired) electrons. The van der Waals surface area contributed by atoms with E-state index in [0.717, 1.165) is 0 Å². The highest BCUT2D eigenvalue weighted by molar-refractivity contribution is 7.91. The number of rotatable bonds is 4. The molecule has 2 N–H and O–H groups in total. The van der Waals surface area contributed by atoms with Crippen LogP contribution in [0.15, 0.2) is 0 Å². The topological polar surface area (TPSA) is 104 Å². The molecule has 0 spiro atoms. The van der Waals surface area contributed by atoms with Crippen LogP contribution in [0.4, 0.5) is 4.79 Å². The Labute approximate surface area is 112 Å². The zero-order valence-corrected chi connectivity index (χ0v) is 11.9. The lowest BCUT2D eigenvalue weighted by molar-refractivity contribution is -0.142. The number of carboxylic acid groups (broad SMARTS) is 1. The molecule has 0 bridgehead atoms. The normalized spacial score (nSPS) is 20.1. The molecular weight excluding hydrogens is 272 g/mol. The Bertz CT molecular complexity index is 432. The van der Waals surface area contributed by atoms with E-state index in [2.05, 4.69) is 5.32 Å². The van der Waals surface area contributed by atoms with Crippen molar-refractivity contribution in [2.45, 2.75) is 13.8 Å². The van der Waals surface area contributed by atoms with E-state index in [9.17, 15) is 18.0 Å². The summed E-state index contributed by atoms with van der Waals surface area (Å²) >= 11 is 0. The standard InChI is InChI=1S/C11H20N2O5S/c1-8(2)9(10(14)15)7-12-11(16)13-3-5-19(17,18)6-4-13/h8-9H,3-7H2,1-2H3,(H,12,16)(H,14,15). The molecule has 0 aromatic rings.